The van der Waals surface area contributed by atoms with E-state index in [0.717, 1.165) is 23.3 Å². The van der Waals surface area contributed by atoms with Crippen LogP contribution in [-0.4, -0.2) is 42.9 Å². The molecule has 3 rings (SSSR count). The van der Waals surface area contributed by atoms with Gasteiger partial charge in [-0.3, -0.25) is 9.59 Å². The molecule has 0 radical (unpaired) electrons. The first-order chi connectivity index (χ1) is 13.7. The lowest BCUT2D eigenvalue weighted by Crippen LogP contribution is -2.47. The number of thioether (sulfide) groups is 1. The minimum absolute atomic E-state index is 0. The van der Waals surface area contributed by atoms with Gasteiger partial charge in [0.2, 0.25) is 11.8 Å². The summed E-state index contributed by atoms with van der Waals surface area (Å²) < 4.78 is 0. The quantitative estimate of drug-likeness (QED) is 0.657. The van der Waals surface area contributed by atoms with Gasteiger partial charge >= 0.3 is 0 Å². The average Bonchev–Trinajstić information content (AvgIpc) is 2.76. The van der Waals surface area contributed by atoms with E-state index in [9.17, 15) is 9.59 Å². The van der Waals surface area contributed by atoms with Crippen molar-refractivity contribution in [3.63, 3.8) is 0 Å². The molecule has 2 unspecified atom stereocenters. The molecule has 1 aliphatic rings. The Hall–Kier alpha value is -2.02. The first kappa shape index (κ1) is 23.3. The van der Waals surface area contributed by atoms with Gasteiger partial charge in [0.15, 0.2) is 0 Å². The Bertz CT molecular complexity index is 776. The Morgan fingerprint density at radius 1 is 1.10 bits per heavy atom. The van der Waals surface area contributed by atoms with Gasteiger partial charge in [-0.15, -0.1) is 24.2 Å². The van der Waals surface area contributed by atoms with Crippen molar-refractivity contribution in [2.24, 2.45) is 11.7 Å². The molecule has 7 heteroatoms. The lowest BCUT2D eigenvalue weighted by atomic mass is 9.96. The van der Waals surface area contributed by atoms with Crippen LogP contribution in [0.5, 0.6) is 0 Å². The summed E-state index contributed by atoms with van der Waals surface area (Å²) in [6, 6.07) is 19.8. The Morgan fingerprint density at radius 2 is 1.76 bits per heavy atom. The van der Waals surface area contributed by atoms with Gasteiger partial charge in [0, 0.05) is 31.1 Å². The van der Waals surface area contributed by atoms with E-state index in [1.165, 1.54) is 0 Å². The van der Waals surface area contributed by atoms with Gasteiger partial charge in [-0.05, 0) is 30.5 Å². The first-order valence-corrected chi connectivity index (χ1v) is 10.6. The normalized spacial score (nSPS) is 17.1. The zero-order valence-electron chi connectivity index (χ0n) is 16.3. The van der Waals surface area contributed by atoms with Crippen LogP contribution < -0.4 is 11.1 Å². The lowest BCUT2D eigenvalue weighted by molar-refractivity contribution is -0.135. The molecule has 2 aromatic rings. The van der Waals surface area contributed by atoms with E-state index in [-0.39, 0.29) is 35.4 Å². The molecular formula is C22H28ClN3O2S. The second-order valence-corrected chi connectivity index (χ2v) is 8.10. The summed E-state index contributed by atoms with van der Waals surface area (Å²) in [4.78, 5) is 28.7. The molecule has 2 atom stereocenters. The Balaban J connectivity index is 0.00000300. The van der Waals surface area contributed by atoms with E-state index in [2.05, 4.69) is 5.32 Å². The molecule has 1 fully saturated rings. The van der Waals surface area contributed by atoms with Crippen LogP contribution >= 0.6 is 24.2 Å². The van der Waals surface area contributed by atoms with E-state index < -0.39 is 0 Å². The SMILES string of the molecule is Cl.NCCNC(=O)C1CCCN(C(=O)C(Sc2ccccc2)c2ccccc2)C1. The first-order valence-electron chi connectivity index (χ1n) is 9.72. The van der Waals surface area contributed by atoms with E-state index in [1.807, 2.05) is 65.6 Å². The van der Waals surface area contributed by atoms with Crippen LogP contribution in [0.2, 0.25) is 0 Å². The summed E-state index contributed by atoms with van der Waals surface area (Å²) in [6.07, 6.45) is 1.64. The van der Waals surface area contributed by atoms with Crippen molar-refractivity contribution in [3.8, 4) is 0 Å². The fourth-order valence-electron chi connectivity index (χ4n) is 3.42. The summed E-state index contributed by atoms with van der Waals surface area (Å²) in [5, 5.41) is 2.53. The summed E-state index contributed by atoms with van der Waals surface area (Å²) in [5.41, 5.74) is 6.46. The van der Waals surface area contributed by atoms with E-state index in [4.69, 9.17) is 5.73 Å². The number of piperidine rings is 1. The molecule has 2 amide bonds. The number of hydrogen-bond donors (Lipinski definition) is 2. The minimum atomic E-state index is -0.325. The minimum Gasteiger partial charge on any atom is -0.355 e. The molecular weight excluding hydrogens is 406 g/mol. The number of nitrogens with zero attached hydrogens (tertiary/aromatic N) is 1. The maximum atomic E-state index is 13.4. The summed E-state index contributed by atoms with van der Waals surface area (Å²) in [5.74, 6) is -0.103. The number of nitrogens with two attached hydrogens (primary N) is 1. The van der Waals surface area contributed by atoms with Crippen molar-refractivity contribution in [3.05, 3.63) is 66.2 Å². The number of benzene rings is 2. The summed E-state index contributed by atoms with van der Waals surface area (Å²) >= 11 is 1.56. The predicted octanol–water partition coefficient (Wildman–Crippen LogP) is 3.26. The average molecular weight is 434 g/mol. The maximum absolute atomic E-state index is 13.4. The smallest absolute Gasteiger partial charge is 0.240 e. The van der Waals surface area contributed by atoms with Gasteiger partial charge in [0.25, 0.3) is 0 Å². The van der Waals surface area contributed by atoms with Gasteiger partial charge in [-0.2, -0.15) is 0 Å². The summed E-state index contributed by atoms with van der Waals surface area (Å²) in [6.45, 7) is 2.05. The second kappa shape index (κ2) is 11.9. The van der Waals surface area contributed by atoms with Crippen LogP contribution in [0.3, 0.4) is 0 Å². The van der Waals surface area contributed by atoms with Crippen molar-refractivity contribution in [2.45, 2.75) is 23.0 Å². The van der Waals surface area contributed by atoms with Gasteiger partial charge in [0.05, 0.1) is 5.92 Å². The molecule has 0 aliphatic carbocycles. The Morgan fingerprint density at radius 3 is 2.41 bits per heavy atom. The zero-order valence-corrected chi connectivity index (χ0v) is 18.0. The second-order valence-electron chi connectivity index (χ2n) is 6.92. The highest BCUT2D eigenvalue weighted by Crippen LogP contribution is 2.37. The van der Waals surface area contributed by atoms with Crippen molar-refractivity contribution in [1.29, 1.82) is 0 Å². The van der Waals surface area contributed by atoms with Crippen molar-refractivity contribution >= 4 is 36.0 Å². The fourth-order valence-corrected chi connectivity index (χ4v) is 4.55. The third kappa shape index (κ3) is 6.49. The third-order valence-electron chi connectivity index (χ3n) is 4.87. The topological polar surface area (TPSA) is 75.4 Å². The summed E-state index contributed by atoms with van der Waals surface area (Å²) in [7, 11) is 0. The van der Waals surface area contributed by atoms with Gasteiger partial charge in [0.1, 0.15) is 5.25 Å². The number of halogens is 1. The van der Waals surface area contributed by atoms with Crippen LogP contribution in [0, 0.1) is 5.92 Å². The molecule has 2 aromatic carbocycles. The number of carbonyl (C=O) groups is 2. The molecule has 1 saturated heterocycles. The molecule has 3 N–H and O–H groups in total. The number of nitrogens with one attached hydrogen (secondary N) is 1. The largest absolute Gasteiger partial charge is 0.355 e. The number of carbonyl (C=O) groups excluding carboxylic acids is 2. The van der Waals surface area contributed by atoms with Gasteiger partial charge in [-0.1, -0.05) is 48.5 Å². The molecule has 1 aliphatic heterocycles. The van der Waals surface area contributed by atoms with Crippen LogP contribution in [0.1, 0.15) is 23.7 Å². The van der Waals surface area contributed by atoms with Crippen LogP contribution in [0.4, 0.5) is 0 Å². The number of hydrogen-bond acceptors (Lipinski definition) is 4. The number of amides is 2. The van der Waals surface area contributed by atoms with E-state index >= 15 is 0 Å². The van der Waals surface area contributed by atoms with Crippen molar-refractivity contribution in [2.75, 3.05) is 26.2 Å². The van der Waals surface area contributed by atoms with Crippen molar-refractivity contribution in [1.82, 2.24) is 10.2 Å². The zero-order chi connectivity index (χ0) is 19.8. The van der Waals surface area contributed by atoms with Crippen LogP contribution in [0.15, 0.2) is 65.6 Å². The van der Waals surface area contributed by atoms with Crippen LogP contribution in [0.25, 0.3) is 0 Å². The molecule has 0 aromatic heterocycles. The highest BCUT2D eigenvalue weighted by molar-refractivity contribution is 8.00. The van der Waals surface area contributed by atoms with E-state index in [0.29, 0.717) is 26.2 Å². The number of rotatable bonds is 7. The fraction of sp³-hybridized carbons (Fsp3) is 0.364. The third-order valence-corrected chi connectivity index (χ3v) is 6.13. The molecule has 0 spiro atoms. The Labute approximate surface area is 182 Å². The molecule has 0 saturated carbocycles. The standard InChI is InChI=1S/C22H27N3O2S.ClH/c23-13-14-24-21(26)18-10-7-15-25(16-18)22(27)20(17-8-3-1-4-9-17)28-19-11-5-2-6-12-19;/h1-6,8-9,11-12,18,20H,7,10,13-16,23H2,(H,24,26);1H. The lowest BCUT2D eigenvalue weighted by Gasteiger charge is -2.34. The van der Waals surface area contributed by atoms with Crippen molar-refractivity contribution < 1.29 is 9.59 Å². The number of likely N-dealkylation sites (tertiary alicyclic amines) is 1. The Kier molecular flexibility index (Phi) is 9.51. The molecule has 29 heavy (non-hydrogen) atoms. The van der Waals surface area contributed by atoms with E-state index in [1.54, 1.807) is 11.8 Å². The molecule has 5 nitrogen and oxygen atoms in total. The van der Waals surface area contributed by atoms with Crippen LogP contribution in [-0.2, 0) is 9.59 Å². The van der Waals surface area contributed by atoms with Gasteiger partial charge < -0.3 is 16.0 Å². The van der Waals surface area contributed by atoms with Gasteiger partial charge in [-0.25, -0.2) is 0 Å². The molecule has 1 heterocycles. The molecule has 156 valence electrons. The highest BCUT2D eigenvalue weighted by Gasteiger charge is 2.32. The predicted molar refractivity (Wildman–Crippen MR) is 120 cm³/mol. The molecule has 0 bridgehead atoms. The maximum Gasteiger partial charge on any atom is 0.240 e. The highest BCUT2D eigenvalue weighted by atomic mass is 35.5. The monoisotopic (exact) mass is 433 g/mol.